The number of methoxy groups -OCH3 is 2. The first-order chi connectivity index (χ1) is 7.83. The highest BCUT2D eigenvalue weighted by atomic mass is 16.5. The zero-order chi connectivity index (χ0) is 11.7. The van der Waals surface area contributed by atoms with Gasteiger partial charge in [0.15, 0.2) is 0 Å². The molecule has 0 aromatic carbocycles. The lowest BCUT2D eigenvalue weighted by Crippen LogP contribution is -2.42. The van der Waals surface area contributed by atoms with Crippen molar-refractivity contribution in [3.63, 3.8) is 0 Å². The molecule has 0 aromatic heterocycles. The molecule has 4 nitrogen and oxygen atoms in total. The minimum atomic E-state index is 0.278. The van der Waals surface area contributed by atoms with E-state index in [1.807, 2.05) is 0 Å². The molecule has 1 aliphatic rings. The average Bonchev–Trinajstić information content (AvgIpc) is 2.30. The Bertz CT molecular complexity index is 164. The Labute approximate surface area is 98.6 Å². The number of rotatable bonds is 8. The lowest BCUT2D eigenvalue weighted by Gasteiger charge is -2.36. The third kappa shape index (κ3) is 4.78. The lowest BCUT2D eigenvalue weighted by atomic mass is 9.81. The van der Waals surface area contributed by atoms with Gasteiger partial charge in [-0.25, -0.2) is 0 Å². The molecule has 16 heavy (non-hydrogen) atoms. The SMILES string of the molecule is COCCCNCC1(COC)CCOCC1. The number of hydrogen-bond acceptors (Lipinski definition) is 4. The van der Waals surface area contributed by atoms with Crippen molar-refractivity contribution in [3.8, 4) is 0 Å². The van der Waals surface area contributed by atoms with Gasteiger partial charge in [0, 0.05) is 46.0 Å². The lowest BCUT2D eigenvalue weighted by molar-refractivity contribution is -0.0268. The summed E-state index contributed by atoms with van der Waals surface area (Å²) in [5.41, 5.74) is 0.278. The van der Waals surface area contributed by atoms with Crippen LogP contribution in [0.4, 0.5) is 0 Å². The van der Waals surface area contributed by atoms with E-state index in [1.54, 1.807) is 14.2 Å². The third-order valence-corrected chi connectivity index (χ3v) is 3.21. The van der Waals surface area contributed by atoms with Gasteiger partial charge in [0.1, 0.15) is 0 Å². The van der Waals surface area contributed by atoms with Crippen molar-refractivity contribution in [2.24, 2.45) is 5.41 Å². The standard InChI is InChI=1S/C12H25NO3/c1-14-7-3-6-13-10-12(11-15-2)4-8-16-9-5-12/h13H,3-11H2,1-2H3. The number of nitrogens with one attached hydrogen (secondary N) is 1. The Kier molecular flexibility index (Phi) is 6.96. The van der Waals surface area contributed by atoms with E-state index in [4.69, 9.17) is 14.2 Å². The summed E-state index contributed by atoms with van der Waals surface area (Å²) in [6.07, 6.45) is 3.26. The second kappa shape index (κ2) is 8.01. The molecule has 0 amide bonds. The Morgan fingerprint density at radius 3 is 2.56 bits per heavy atom. The second-order valence-corrected chi connectivity index (χ2v) is 4.57. The van der Waals surface area contributed by atoms with Crippen molar-refractivity contribution in [2.45, 2.75) is 19.3 Å². The van der Waals surface area contributed by atoms with Crippen LogP contribution in [0.3, 0.4) is 0 Å². The Hall–Kier alpha value is -0.160. The van der Waals surface area contributed by atoms with E-state index < -0.39 is 0 Å². The van der Waals surface area contributed by atoms with Crippen LogP contribution in [0, 0.1) is 5.41 Å². The van der Waals surface area contributed by atoms with Gasteiger partial charge in [0.05, 0.1) is 6.61 Å². The summed E-state index contributed by atoms with van der Waals surface area (Å²) in [6, 6.07) is 0. The van der Waals surface area contributed by atoms with Crippen molar-refractivity contribution in [1.82, 2.24) is 5.32 Å². The van der Waals surface area contributed by atoms with Gasteiger partial charge in [-0.1, -0.05) is 0 Å². The fourth-order valence-corrected chi connectivity index (χ4v) is 2.18. The van der Waals surface area contributed by atoms with Gasteiger partial charge >= 0.3 is 0 Å². The molecule has 1 rings (SSSR count). The third-order valence-electron chi connectivity index (χ3n) is 3.21. The average molecular weight is 231 g/mol. The quantitative estimate of drug-likeness (QED) is 0.634. The zero-order valence-electron chi connectivity index (χ0n) is 10.6. The van der Waals surface area contributed by atoms with Gasteiger partial charge in [-0.2, -0.15) is 0 Å². The van der Waals surface area contributed by atoms with Crippen molar-refractivity contribution in [3.05, 3.63) is 0 Å². The molecular formula is C12H25NO3. The number of ether oxygens (including phenoxy) is 3. The minimum absolute atomic E-state index is 0.278. The minimum Gasteiger partial charge on any atom is -0.385 e. The summed E-state index contributed by atoms with van der Waals surface area (Å²) in [6.45, 7) is 5.42. The Morgan fingerprint density at radius 2 is 1.94 bits per heavy atom. The molecule has 0 spiro atoms. The van der Waals surface area contributed by atoms with Gasteiger partial charge in [0.25, 0.3) is 0 Å². The maximum atomic E-state index is 5.41. The van der Waals surface area contributed by atoms with Gasteiger partial charge in [-0.05, 0) is 25.8 Å². The van der Waals surface area contributed by atoms with Crippen LogP contribution in [0.5, 0.6) is 0 Å². The van der Waals surface area contributed by atoms with Gasteiger partial charge < -0.3 is 19.5 Å². The van der Waals surface area contributed by atoms with Crippen LogP contribution in [0.2, 0.25) is 0 Å². The first-order valence-electron chi connectivity index (χ1n) is 6.09. The van der Waals surface area contributed by atoms with Crippen LogP contribution >= 0.6 is 0 Å². The molecule has 1 fully saturated rings. The van der Waals surface area contributed by atoms with E-state index in [2.05, 4.69) is 5.32 Å². The molecular weight excluding hydrogens is 206 g/mol. The maximum Gasteiger partial charge on any atom is 0.0532 e. The van der Waals surface area contributed by atoms with E-state index in [-0.39, 0.29) is 5.41 Å². The molecule has 96 valence electrons. The van der Waals surface area contributed by atoms with Crippen LogP contribution < -0.4 is 5.32 Å². The van der Waals surface area contributed by atoms with E-state index in [0.29, 0.717) is 0 Å². The molecule has 0 radical (unpaired) electrons. The van der Waals surface area contributed by atoms with Gasteiger partial charge in [0.2, 0.25) is 0 Å². The van der Waals surface area contributed by atoms with Crippen LogP contribution in [-0.4, -0.2) is 53.7 Å². The highest BCUT2D eigenvalue weighted by Gasteiger charge is 2.32. The van der Waals surface area contributed by atoms with Crippen LogP contribution in [0.1, 0.15) is 19.3 Å². The van der Waals surface area contributed by atoms with Crippen molar-refractivity contribution in [1.29, 1.82) is 0 Å². The highest BCUT2D eigenvalue weighted by molar-refractivity contribution is 4.83. The summed E-state index contributed by atoms with van der Waals surface area (Å²) < 4.78 is 15.8. The summed E-state index contributed by atoms with van der Waals surface area (Å²) in [4.78, 5) is 0. The molecule has 1 heterocycles. The summed E-state index contributed by atoms with van der Waals surface area (Å²) >= 11 is 0. The first-order valence-corrected chi connectivity index (χ1v) is 6.09. The van der Waals surface area contributed by atoms with Crippen molar-refractivity contribution in [2.75, 3.05) is 53.7 Å². The molecule has 0 saturated carbocycles. The van der Waals surface area contributed by atoms with E-state index in [0.717, 1.165) is 58.8 Å². The molecule has 0 aliphatic carbocycles. The molecule has 1 saturated heterocycles. The van der Waals surface area contributed by atoms with E-state index in [1.165, 1.54) is 0 Å². The fraction of sp³-hybridized carbons (Fsp3) is 1.00. The predicted octanol–water partition coefficient (Wildman–Crippen LogP) is 1.06. The molecule has 4 heteroatoms. The molecule has 1 N–H and O–H groups in total. The fourth-order valence-electron chi connectivity index (χ4n) is 2.18. The topological polar surface area (TPSA) is 39.7 Å². The summed E-state index contributed by atoms with van der Waals surface area (Å²) in [5, 5.41) is 3.50. The largest absolute Gasteiger partial charge is 0.385 e. The monoisotopic (exact) mass is 231 g/mol. The zero-order valence-corrected chi connectivity index (χ0v) is 10.6. The second-order valence-electron chi connectivity index (χ2n) is 4.57. The Morgan fingerprint density at radius 1 is 1.19 bits per heavy atom. The van der Waals surface area contributed by atoms with E-state index in [9.17, 15) is 0 Å². The molecule has 0 bridgehead atoms. The highest BCUT2D eigenvalue weighted by Crippen LogP contribution is 2.29. The summed E-state index contributed by atoms with van der Waals surface area (Å²) in [7, 11) is 3.52. The molecule has 0 aromatic rings. The smallest absolute Gasteiger partial charge is 0.0532 e. The van der Waals surface area contributed by atoms with E-state index >= 15 is 0 Å². The molecule has 1 aliphatic heterocycles. The van der Waals surface area contributed by atoms with Gasteiger partial charge in [-0.3, -0.25) is 0 Å². The van der Waals surface area contributed by atoms with Crippen LogP contribution in [0.15, 0.2) is 0 Å². The molecule has 0 unspecified atom stereocenters. The number of hydrogen-bond donors (Lipinski definition) is 1. The summed E-state index contributed by atoms with van der Waals surface area (Å²) in [5.74, 6) is 0. The molecule has 0 atom stereocenters. The predicted molar refractivity (Wildman–Crippen MR) is 63.7 cm³/mol. The Balaban J connectivity index is 2.21. The first kappa shape index (κ1) is 13.9. The van der Waals surface area contributed by atoms with Crippen LogP contribution in [0.25, 0.3) is 0 Å². The van der Waals surface area contributed by atoms with Crippen molar-refractivity contribution >= 4 is 0 Å². The van der Waals surface area contributed by atoms with Crippen molar-refractivity contribution < 1.29 is 14.2 Å². The maximum absolute atomic E-state index is 5.41. The van der Waals surface area contributed by atoms with Gasteiger partial charge in [-0.15, -0.1) is 0 Å². The van der Waals surface area contributed by atoms with Crippen LogP contribution in [-0.2, 0) is 14.2 Å². The normalized spacial score (nSPS) is 19.9.